The maximum absolute atomic E-state index is 14.9. The van der Waals surface area contributed by atoms with Crippen LogP contribution < -0.4 is 43.0 Å². The number of likely N-dealkylation sites (N-methyl/N-ethyl adjacent to an activating group) is 2. The topological polar surface area (TPSA) is 377 Å². The van der Waals surface area contributed by atoms with E-state index in [2.05, 4.69) is 43.3 Å². The molecule has 2 unspecified atom stereocenters. The molecule has 13 atom stereocenters. The summed E-state index contributed by atoms with van der Waals surface area (Å²) in [6.07, 6.45) is 12.1. The number of methoxy groups -OCH3 is 2. The summed E-state index contributed by atoms with van der Waals surface area (Å²) in [6, 6.07) is 16.5. The number of hydrogen-bond acceptors (Lipinski definition) is 19. The van der Waals surface area contributed by atoms with Crippen molar-refractivity contribution in [2.45, 2.75) is 261 Å². The van der Waals surface area contributed by atoms with Gasteiger partial charge in [0.05, 0.1) is 71.7 Å². The Hall–Kier alpha value is -8.63. The van der Waals surface area contributed by atoms with Gasteiger partial charge in [0.25, 0.3) is 5.91 Å². The Morgan fingerprint density at radius 2 is 1.31 bits per heavy atom. The molecule has 638 valence electrons. The number of nitriles is 1. The van der Waals surface area contributed by atoms with Crippen LogP contribution in [0.5, 0.6) is 0 Å². The standard InChI is InChI=1S/C86H128N14O14S2/c1-14-56(8)77(71(111-12)48-73(102)100-42-25-32-70(100)78(112-13)57(9)79(103)92-62(49-87)45-58-27-20-19-21-28-58)98(10)84(108)75(54(4)5)97-83(107)76(55(6)7)99(11)86(110)114-50-59-33-36-61(37-34-59)91-81(105)66(31-24-40-90-85(88)109)95-82(106)74(53(2)3)96-72(101)39-44-113-43-26-41-89-80(104)60-35-38-65-67(46-60)94-69-52-116-64-30-23-18-16-15-17-22-29-63(47-64)115-51-68(69)93-65/h19-21,27-28,33-38,46,53-57,62-64,66,70-71,74-78H,14-18,22-26,29-32,39-45,47-48,50-52H2,1-13H3,(H,89,104)(H,91,105)(H,92,103)(H,95,106)(H,96,101)(H,97,107)(H3,88,90,109)/t56-,57+,62-,63?,64?,66-,70-,71+,74-,75-,76-,77-,78+/m0/s1. The Bertz CT molecular complexity index is 3910. The molecular weight excluding hydrogens is 1520 g/mol. The lowest BCUT2D eigenvalue weighted by molar-refractivity contribution is -0.148. The van der Waals surface area contributed by atoms with E-state index in [9.17, 15) is 53.2 Å². The number of amides is 11. The Labute approximate surface area is 694 Å². The molecule has 1 saturated heterocycles. The molecule has 30 heteroatoms. The summed E-state index contributed by atoms with van der Waals surface area (Å²) in [5.41, 5.74) is 11.1. The van der Waals surface area contributed by atoms with Crippen molar-refractivity contribution in [2.24, 2.45) is 35.3 Å². The number of aromatic nitrogens is 2. The monoisotopic (exact) mass is 1640 g/mol. The summed E-state index contributed by atoms with van der Waals surface area (Å²) in [6.45, 7) is 17.3. The van der Waals surface area contributed by atoms with E-state index in [0.29, 0.717) is 78.0 Å². The van der Waals surface area contributed by atoms with E-state index < -0.39 is 120 Å². The van der Waals surface area contributed by atoms with Crippen molar-refractivity contribution in [2.75, 3.05) is 66.5 Å². The van der Waals surface area contributed by atoms with E-state index in [1.807, 2.05) is 79.8 Å². The Kier molecular flexibility index (Phi) is 39.4. The van der Waals surface area contributed by atoms with Crippen LogP contribution in [0.1, 0.15) is 204 Å². The van der Waals surface area contributed by atoms with Crippen LogP contribution in [0.3, 0.4) is 0 Å². The second-order valence-electron chi connectivity index (χ2n) is 32.1. The Balaban J connectivity index is 0.868. The quantitative estimate of drug-likeness (QED) is 0.0192. The van der Waals surface area contributed by atoms with E-state index in [1.165, 1.54) is 84.0 Å². The van der Waals surface area contributed by atoms with Gasteiger partial charge in [-0.3, -0.25) is 43.3 Å². The SMILES string of the molecule is CC[C@H](C)[C@@H]([C@@H](CC(=O)N1CCC[C@H]1[C@H](OC)[C@@H](C)C(=O)N[C@H](C#N)Cc1ccccc1)OC)N(C)C(=O)[C@@H](NC(=O)[C@H](C(C)C)N(C)C(=O)OCc1ccc(NC(=O)[C@H](CCCNC(N)=O)NC(=O)[C@@H](NC(=O)CCOCCCNC(=O)c2ccc3nc4c(nc3c2)CSC2CCCCCCCCC(C2)SC4)C(C)C)cc1)C(C)C. The van der Waals surface area contributed by atoms with E-state index >= 15 is 0 Å². The molecule has 1 saturated carbocycles. The molecule has 2 bridgehead atoms. The van der Waals surface area contributed by atoms with Gasteiger partial charge in [-0.2, -0.15) is 28.8 Å². The van der Waals surface area contributed by atoms with Crippen molar-refractivity contribution in [1.29, 1.82) is 5.26 Å². The number of ether oxygens (including phenoxy) is 4. The van der Waals surface area contributed by atoms with E-state index in [-0.39, 0.29) is 75.7 Å². The fourth-order valence-electron chi connectivity index (χ4n) is 15.5. The number of nitrogens with two attached hydrogens (primary N) is 1. The van der Waals surface area contributed by atoms with E-state index in [4.69, 9.17) is 34.6 Å². The number of carbonyl (C=O) groups excluding carboxylic acids is 10. The molecule has 9 N–H and O–H groups in total. The third-order valence-electron chi connectivity index (χ3n) is 22.3. The van der Waals surface area contributed by atoms with Crippen LogP contribution in [-0.4, -0.2) is 210 Å². The van der Waals surface area contributed by atoms with Gasteiger partial charge in [0.2, 0.25) is 41.4 Å². The smallest absolute Gasteiger partial charge is 0.410 e. The van der Waals surface area contributed by atoms with Crippen molar-refractivity contribution in [3.05, 3.63) is 101 Å². The summed E-state index contributed by atoms with van der Waals surface area (Å²) in [5.74, 6) is -4.04. The number of fused-ring (bicyclic) bond motifs is 4. The van der Waals surface area contributed by atoms with E-state index in [1.54, 1.807) is 95.6 Å². The highest BCUT2D eigenvalue weighted by Crippen LogP contribution is 2.38. The molecule has 28 nitrogen and oxygen atoms in total. The second-order valence-corrected chi connectivity index (χ2v) is 34.7. The summed E-state index contributed by atoms with van der Waals surface area (Å²) in [4.78, 5) is 152. The van der Waals surface area contributed by atoms with Crippen molar-refractivity contribution in [3.8, 4) is 6.07 Å². The molecule has 3 aromatic carbocycles. The number of hydrogen-bond donors (Lipinski definition) is 8. The van der Waals surface area contributed by atoms with Gasteiger partial charge >= 0.3 is 12.1 Å². The lowest BCUT2D eigenvalue weighted by atomic mass is 9.89. The van der Waals surface area contributed by atoms with Crippen molar-refractivity contribution >= 4 is 99.6 Å². The molecule has 1 aliphatic carbocycles. The van der Waals surface area contributed by atoms with Crippen LogP contribution >= 0.6 is 23.5 Å². The normalized spacial score (nSPS) is 18.5. The van der Waals surface area contributed by atoms with Crippen LogP contribution in [0.4, 0.5) is 15.3 Å². The highest BCUT2D eigenvalue weighted by atomic mass is 32.2. The van der Waals surface area contributed by atoms with Crippen LogP contribution in [-0.2, 0) is 77.0 Å². The zero-order chi connectivity index (χ0) is 84.5. The molecular formula is C86H128N14O14S2. The lowest BCUT2D eigenvalue weighted by Gasteiger charge is -2.41. The van der Waals surface area contributed by atoms with E-state index in [0.717, 1.165) is 34.0 Å². The maximum Gasteiger partial charge on any atom is 0.410 e. The first-order chi connectivity index (χ1) is 55.5. The van der Waals surface area contributed by atoms with Crippen molar-refractivity contribution in [1.82, 2.24) is 56.6 Å². The van der Waals surface area contributed by atoms with Crippen LogP contribution in [0.25, 0.3) is 11.0 Å². The molecule has 11 amide bonds. The van der Waals surface area contributed by atoms with Gasteiger partial charge in [0.15, 0.2) is 0 Å². The molecule has 0 radical (unpaired) electrons. The molecule has 7 rings (SSSR count). The number of nitrogens with zero attached hydrogens (tertiary/aromatic N) is 6. The molecule has 116 heavy (non-hydrogen) atoms. The number of urea groups is 1. The van der Waals surface area contributed by atoms with Crippen LogP contribution in [0, 0.1) is 40.9 Å². The molecule has 3 heterocycles. The first kappa shape index (κ1) is 94.5. The highest BCUT2D eigenvalue weighted by Gasteiger charge is 2.44. The molecule has 4 aromatic rings. The number of nitrogens with one attached hydrogen (secondary N) is 7. The first-order valence-electron chi connectivity index (χ1n) is 41.5. The van der Waals surface area contributed by atoms with Gasteiger partial charge in [-0.25, -0.2) is 19.6 Å². The number of anilines is 1. The van der Waals surface area contributed by atoms with Crippen LogP contribution in [0.15, 0.2) is 72.8 Å². The molecule has 2 fully saturated rings. The van der Waals surface area contributed by atoms with Crippen LogP contribution in [0.2, 0.25) is 0 Å². The van der Waals surface area contributed by atoms with Gasteiger partial charge in [0.1, 0.15) is 36.8 Å². The first-order valence-corrected chi connectivity index (χ1v) is 43.6. The number of thioether (sulfide) groups is 2. The Morgan fingerprint density at radius 3 is 1.92 bits per heavy atom. The number of benzene rings is 3. The third-order valence-corrected chi connectivity index (χ3v) is 25.0. The average Bonchev–Trinajstić information content (AvgIpc) is 1.28. The summed E-state index contributed by atoms with van der Waals surface area (Å²) >= 11 is 4.04. The summed E-state index contributed by atoms with van der Waals surface area (Å²) in [5, 5.41) is 30.9. The van der Waals surface area contributed by atoms with Gasteiger partial charge in [0, 0.05) is 101 Å². The Morgan fingerprint density at radius 1 is 0.664 bits per heavy atom. The minimum atomic E-state index is -1.13. The number of primary amides is 1. The van der Waals surface area contributed by atoms with Gasteiger partial charge in [-0.1, -0.05) is 150 Å². The fraction of sp³-hybridized carbons (Fsp3) is 0.640. The minimum absolute atomic E-state index is 0.0511. The van der Waals surface area contributed by atoms with Crippen molar-refractivity contribution in [3.63, 3.8) is 0 Å². The number of likely N-dealkylation sites (tertiary alicyclic amines) is 1. The number of carbonyl (C=O) groups is 10. The predicted molar refractivity (Wildman–Crippen MR) is 451 cm³/mol. The van der Waals surface area contributed by atoms with Gasteiger partial charge < -0.3 is 71.7 Å². The largest absolute Gasteiger partial charge is 0.445 e. The summed E-state index contributed by atoms with van der Waals surface area (Å²) < 4.78 is 23.6. The van der Waals surface area contributed by atoms with Crippen molar-refractivity contribution < 1.29 is 66.9 Å². The second kappa shape index (κ2) is 48.3. The van der Waals surface area contributed by atoms with Gasteiger partial charge in [-0.05, 0) is 116 Å². The average molecular weight is 1650 g/mol. The zero-order valence-corrected chi connectivity index (χ0v) is 72.0. The van der Waals surface area contributed by atoms with Gasteiger partial charge in [-0.15, -0.1) is 0 Å². The lowest BCUT2D eigenvalue weighted by Crippen LogP contribution is -2.60. The fourth-order valence-corrected chi connectivity index (χ4v) is 18.3. The molecule has 0 spiro atoms. The third kappa shape index (κ3) is 28.9. The molecule has 2 aliphatic heterocycles. The maximum atomic E-state index is 14.9. The summed E-state index contributed by atoms with van der Waals surface area (Å²) in [7, 11) is 6.08. The highest BCUT2D eigenvalue weighted by molar-refractivity contribution is 8.00. The number of rotatable bonds is 40. The zero-order valence-electron chi connectivity index (χ0n) is 70.3. The molecule has 3 aliphatic rings. The predicted octanol–water partition coefficient (Wildman–Crippen LogP) is 10.5. The molecule has 1 aromatic heterocycles. The minimum Gasteiger partial charge on any atom is -0.445 e.